The van der Waals surface area contributed by atoms with Gasteiger partial charge in [0.2, 0.25) is 5.88 Å². The number of ether oxygens (including phenoxy) is 2. The molecule has 2 heterocycles. The van der Waals surface area contributed by atoms with Gasteiger partial charge in [-0.15, -0.1) is 5.10 Å². The van der Waals surface area contributed by atoms with Crippen LogP contribution >= 0.6 is 23.4 Å². The normalized spacial score (nSPS) is 14.9. The summed E-state index contributed by atoms with van der Waals surface area (Å²) in [5.41, 5.74) is 2.84. The molecule has 0 saturated carbocycles. The molecule has 1 aromatic heterocycles. The number of rotatable bonds is 5. The highest BCUT2D eigenvalue weighted by Gasteiger charge is 2.20. The second-order valence-corrected chi connectivity index (χ2v) is 8.05. The molecule has 27 heavy (non-hydrogen) atoms. The van der Waals surface area contributed by atoms with Gasteiger partial charge in [-0.1, -0.05) is 35.9 Å². The summed E-state index contributed by atoms with van der Waals surface area (Å²) in [6, 6.07) is 17.6. The van der Waals surface area contributed by atoms with Gasteiger partial charge in [0.1, 0.15) is 17.5 Å². The van der Waals surface area contributed by atoms with Crippen molar-refractivity contribution in [2.24, 2.45) is 0 Å². The minimum Gasteiger partial charge on any atom is -0.494 e. The largest absolute Gasteiger partial charge is 0.494 e. The molecule has 0 N–H and O–H groups in total. The predicted molar refractivity (Wildman–Crippen MR) is 112 cm³/mol. The van der Waals surface area contributed by atoms with Crippen molar-refractivity contribution in [3.8, 4) is 28.6 Å². The molecule has 2 aromatic carbocycles. The third-order valence-corrected chi connectivity index (χ3v) is 5.90. The quantitative estimate of drug-likeness (QED) is 0.568. The van der Waals surface area contributed by atoms with Gasteiger partial charge in [-0.25, -0.2) is 4.68 Å². The number of para-hydroxylation sites is 2. The van der Waals surface area contributed by atoms with E-state index in [0.29, 0.717) is 10.9 Å². The lowest BCUT2D eigenvalue weighted by Gasteiger charge is -2.21. The summed E-state index contributed by atoms with van der Waals surface area (Å²) < 4.78 is 13.6. The van der Waals surface area contributed by atoms with Crippen LogP contribution in [0.15, 0.2) is 54.6 Å². The second-order valence-electron chi connectivity index (χ2n) is 6.39. The van der Waals surface area contributed by atoms with E-state index < -0.39 is 0 Å². The molecule has 0 unspecified atom stereocenters. The van der Waals surface area contributed by atoms with E-state index in [4.69, 9.17) is 26.2 Å². The molecule has 0 atom stereocenters. The number of thioether (sulfide) groups is 1. The fourth-order valence-electron chi connectivity index (χ4n) is 3.20. The number of methoxy groups -OCH3 is 1. The van der Waals surface area contributed by atoms with Crippen molar-refractivity contribution in [3.63, 3.8) is 0 Å². The third kappa shape index (κ3) is 4.09. The highest BCUT2D eigenvalue weighted by Crippen LogP contribution is 2.32. The Morgan fingerprint density at radius 3 is 2.56 bits per heavy atom. The van der Waals surface area contributed by atoms with Gasteiger partial charge < -0.3 is 9.47 Å². The maximum Gasteiger partial charge on any atom is 0.234 e. The molecule has 0 spiro atoms. The van der Waals surface area contributed by atoms with Gasteiger partial charge in [-0.05, 0) is 48.6 Å². The van der Waals surface area contributed by atoms with Gasteiger partial charge in [-0.3, -0.25) is 0 Å². The molecule has 4 nitrogen and oxygen atoms in total. The lowest BCUT2D eigenvalue weighted by atomic mass is 10.1. The number of nitrogens with zero attached hydrogens (tertiary/aromatic N) is 2. The molecular formula is C21H21ClN2O2S. The number of hydrogen-bond donors (Lipinski definition) is 0. The summed E-state index contributed by atoms with van der Waals surface area (Å²) in [6.07, 6.45) is 2.34. The van der Waals surface area contributed by atoms with Gasteiger partial charge in [0.05, 0.1) is 12.8 Å². The topological polar surface area (TPSA) is 36.3 Å². The average molecular weight is 401 g/mol. The van der Waals surface area contributed by atoms with Crippen LogP contribution in [0.5, 0.6) is 11.6 Å². The van der Waals surface area contributed by atoms with Crippen molar-refractivity contribution < 1.29 is 9.47 Å². The van der Waals surface area contributed by atoms with Gasteiger partial charge in [0.25, 0.3) is 0 Å². The highest BCUT2D eigenvalue weighted by molar-refractivity contribution is 7.99. The van der Waals surface area contributed by atoms with E-state index >= 15 is 0 Å². The smallest absolute Gasteiger partial charge is 0.234 e. The van der Waals surface area contributed by atoms with Crippen LogP contribution in [0.2, 0.25) is 5.02 Å². The molecule has 1 aliphatic heterocycles. The van der Waals surface area contributed by atoms with Crippen molar-refractivity contribution >= 4 is 23.4 Å². The summed E-state index contributed by atoms with van der Waals surface area (Å²) in [5, 5.41) is 5.46. The molecule has 3 aromatic rings. The minimum atomic E-state index is 0.227. The fourth-order valence-corrected chi connectivity index (χ4v) is 4.39. The van der Waals surface area contributed by atoms with E-state index in [2.05, 4.69) is 0 Å². The van der Waals surface area contributed by atoms with Crippen molar-refractivity contribution in [1.29, 1.82) is 0 Å². The van der Waals surface area contributed by atoms with E-state index in [1.807, 2.05) is 71.0 Å². The number of halogens is 1. The molecule has 0 radical (unpaired) electrons. The number of aromatic nitrogens is 2. The molecular weight excluding hydrogens is 380 g/mol. The first-order chi connectivity index (χ1) is 13.2. The van der Waals surface area contributed by atoms with Crippen LogP contribution in [0, 0.1) is 0 Å². The van der Waals surface area contributed by atoms with E-state index in [9.17, 15) is 0 Å². The lowest BCUT2D eigenvalue weighted by Crippen LogP contribution is -2.22. The predicted octanol–water partition coefficient (Wildman–Crippen LogP) is 5.48. The van der Waals surface area contributed by atoms with Crippen molar-refractivity contribution in [2.75, 3.05) is 18.6 Å². The van der Waals surface area contributed by atoms with Crippen LogP contribution in [0.3, 0.4) is 0 Å². The van der Waals surface area contributed by atoms with Crippen LogP contribution in [0.1, 0.15) is 12.8 Å². The summed E-state index contributed by atoms with van der Waals surface area (Å²) >= 11 is 8.05. The zero-order chi connectivity index (χ0) is 18.6. The lowest BCUT2D eigenvalue weighted by molar-refractivity contribution is 0.183. The fraction of sp³-hybridized carbons (Fsp3) is 0.286. The van der Waals surface area contributed by atoms with E-state index in [-0.39, 0.29) is 6.10 Å². The second kappa shape index (κ2) is 8.28. The SMILES string of the molecule is COc1ccccc1-n1nc(OC2CCSCC2)cc1-c1ccc(Cl)cc1. The molecule has 1 saturated heterocycles. The van der Waals surface area contributed by atoms with Crippen molar-refractivity contribution in [1.82, 2.24) is 9.78 Å². The zero-order valence-electron chi connectivity index (χ0n) is 15.1. The summed E-state index contributed by atoms with van der Waals surface area (Å²) in [4.78, 5) is 0. The van der Waals surface area contributed by atoms with E-state index in [1.54, 1.807) is 7.11 Å². The Labute approximate surface area is 168 Å². The molecule has 0 aliphatic carbocycles. The highest BCUT2D eigenvalue weighted by atomic mass is 35.5. The Bertz CT molecular complexity index is 905. The average Bonchev–Trinajstić information content (AvgIpc) is 3.12. The Hall–Kier alpha value is -2.11. The van der Waals surface area contributed by atoms with Gasteiger partial charge >= 0.3 is 0 Å². The molecule has 6 heteroatoms. The Kier molecular flexibility index (Phi) is 5.60. The van der Waals surface area contributed by atoms with Crippen LogP contribution in [-0.2, 0) is 0 Å². The minimum absolute atomic E-state index is 0.227. The molecule has 1 aliphatic rings. The maximum absolute atomic E-state index is 6.20. The molecule has 0 bridgehead atoms. The summed E-state index contributed by atoms with van der Waals surface area (Å²) in [7, 11) is 1.67. The van der Waals surface area contributed by atoms with Crippen molar-refractivity contribution in [2.45, 2.75) is 18.9 Å². The van der Waals surface area contributed by atoms with Gasteiger partial charge in [0.15, 0.2) is 0 Å². The Morgan fingerprint density at radius 2 is 1.81 bits per heavy atom. The first kappa shape index (κ1) is 18.3. The van der Waals surface area contributed by atoms with E-state index in [1.165, 1.54) is 0 Å². The van der Waals surface area contributed by atoms with Gasteiger partial charge in [-0.2, -0.15) is 11.8 Å². The van der Waals surface area contributed by atoms with E-state index in [0.717, 1.165) is 47.0 Å². The summed E-state index contributed by atoms with van der Waals surface area (Å²) in [6.45, 7) is 0. The monoisotopic (exact) mass is 400 g/mol. The Balaban J connectivity index is 1.76. The third-order valence-electron chi connectivity index (χ3n) is 4.60. The standard InChI is InChI=1S/C21H21ClN2O2S/c1-25-20-5-3-2-4-18(20)24-19(15-6-8-16(22)9-7-15)14-21(23-24)26-17-10-12-27-13-11-17/h2-9,14,17H,10-13H2,1H3. The zero-order valence-corrected chi connectivity index (χ0v) is 16.7. The number of hydrogen-bond acceptors (Lipinski definition) is 4. The van der Waals surface area contributed by atoms with Gasteiger partial charge in [0, 0.05) is 16.7 Å². The van der Waals surface area contributed by atoms with Crippen molar-refractivity contribution in [3.05, 3.63) is 59.6 Å². The first-order valence-electron chi connectivity index (χ1n) is 8.98. The molecule has 0 amide bonds. The van der Waals surface area contributed by atoms with Crippen LogP contribution in [-0.4, -0.2) is 34.5 Å². The summed E-state index contributed by atoms with van der Waals surface area (Å²) in [5.74, 6) is 3.68. The Morgan fingerprint density at radius 1 is 1.07 bits per heavy atom. The molecule has 4 rings (SSSR count). The van der Waals surface area contributed by atoms with Crippen LogP contribution < -0.4 is 9.47 Å². The van der Waals surface area contributed by atoms with Crippen LogP contribution in [0.4, 0.5) is 0 Å². The molecule has 1 fully saturated rings. The maximum atomic E-state index is 6.20. The molecule has 140 valence electrons. The number of benzene rings is 2. The first-order valence-corrected chi connectivity index (χ1v) is 10.5. The van der Waals surface area contributed by atoms with Crippen LogP contribution in [0.25, 0.3) is 16.9 Å².